The number of hydrogen-bond acceptors (Lipinski definition) is 7. The number of ketones is 1. The molecule has 0 saturated carbocycles. The van der Waals surface area contributed by atoms with E-state index in [1.807, 2.05) is 6.92 Å². The van der Waals surface area contributed by atoms with E-state index < -0.39 is 22.7 Å². The molecule has 0 bridgehead atoms. The van der Waals surface area contributed by atoms with Crippen LogP contribution in [0, 0.1) is 37.8 Å². The summed E-state index contributed by atoms with van der Waals surface area (Å²) in [4.78, 5) is 41.2. The van der Waals surface area contributed by atoms with Crippen molar-refractivity contribution in [2.45, 2.75) is 33.7 Å². The average Bonchev–Trinajstić information content (AvgIpc) is 3.36. The molecule has 3 aromatic rings. The molecule has 32 heavy (non-hydrogen) atoms. The molecular weight excluding hydrogens is 416 g/mol. The lowest BCUT2D eigenvalue weighted by atomic mass is 9.94. The third-order valence-electron chi connectivity index (χ3n) is 5.63. The number of nitrogens with zero attached hydrogens (tertiary/aromatic N) is 3. The predicted molar refractivity (Wildman–Crippen MR) is 114 cm³/mol. The second-order valence-corrected chi connectivity index (χ2v) is 7.69. The number of carbonyl (C=O) groups is 2. The minimum atomic E-state index is -1.13. The van der Waals surface area contributed by atoms with Crippen molar-refractivity contribution in [1.82, 2.24) is 10.1 Å². The number of aliphatic hydroxyl groups excluding tert-OH is 1. The van der Waals surface area contributed by atoms with Gasteiger partial charge in [-0.05, 0) is 38.8 Å². The van der Waals surface area contributed by atoms with Gasteiger partial charge >= 0.3 is 5.91 Å². The number of carbonyl (C=O) groups excluding carboxylic acids is 2. The summed E-state index contributed by atoms with van der Waals surface area (Å²) in [6.07, 6.45) is 0. The summed E-state index contributed by atoms with van der Waals surface area (Å²) in [7, 11) is 0. The fraction of sp³-hybridized carbons (Fsp3) is 0.227. The number of amides is 1. The van der Waals surface area contributed by atoms with Crippen LogP contribution in [0.15, 0.2) is 40.4 Å². The molecule has 2 N–H and O–H groups in total. The summed E-state index contributed by atoms with van der Waals surface area (Å²) in [5.74, 6) is -1.72. The van der Waals surface area contributed by atoms with Gasteiger partial charge in [-0.25, -0.2) is 0 Å². The van der Waals surface area contributed by atoms with E-state index >= 15 is 0 Å². The number of Topliss-reactive ketones (excluding diaryl/α,β-unsaturated/α-hetero) is 1. The van der Waals surface area contributed by atoms with Gasteiger partial charge < -0.3 is 14.6 Å². The number of anilines is 1. The lowest BCUT2D eigenvalue weighted by molar-refractivity contribution is -0.384. The molecule has 1 unspecified atom stereocenters. The highest BCUT2D eigenvalue weighted by atomic mass is 16.6. The smallest absolute Gasteiger partial charge is 0.301 e. The number of benzene rings is 1. The number of nitrogens with one attached hydrogen (secondary N) is 1. The molecule has 10 nitrogen and oxygen atoms in total. The molecule has 2 aromatic heterocycles. The van der Waals surface area contributed by atoms with E-state index in [0.717, 1.165) is 16.2 Å². The molecular formula is C22H20N4O6. The summed E-state index contributed by atoms with van der Waals surface area (Å²) in [5, 5.41) is 26.4. The molecule has 1 atom stereocenters. The van der Waals surface area contributed by atoms with Crippen LogP contribution in [0.3, 0.4) is 0 Å². The van der Waals surface area contributed by atoms with Crippen LogP contribution in [0.4, 0.5) is 11.5 Å². The zero-order valence-corrected chi connectivity index (χ0v) is 17.8. The largest absolute Gasteiger partial charge is 0.507 e. The molecule has 1 fully saturated rings. The van der Waals surface area contributed by atoms with Crippen LogP contribution in [0.2, 0.25) is 0 Å². The fourth-order valence-electron chi connectivity index (χ4n) is 4.06. The molecule has 3 heterocycles. The first kappa shape index (κ1) is 21.0. The number of hydrogen-bond donors (Lipinski definition) is 2. The van der Waals surface area contributed by atoms with Crippen LogP contribution < -0.4 is 4.90 Å². The summed E-state index contributed by atoms with van der Waals surface area (Å²) < 4.78 is 5.08. The molecule has 10 heteroatoms. The van der Waals surface area contributed by atoms with Gasteiger partial charge in [0.15, 0.2) is 5.82 Å². The zero-order valence-electron chi connectivity index (χ0n) is 17.8. The van der Waals surface area contributed by atoms with Crippen LogP contribution in [0.25, 0.3) is 5.76 Å². The number of rotatable bonds is 4. The van der Waals surface area contributed by atoms with Crippen molar-refractivity contribution in [2.75, 3.05) is 4.90 Å². The minimum Gasteiger partial charge on any atom is -0.507 e. The fourth-order valence-corrected chi connectivity index (χ4v) is 4.06. The number of nitro benzene ring substituents is 1. The Morgan fingerprint density at radius 3 is 2.47 bits per heavy atom. The van der Waals surface area contributed by atoms with Crippen molar-refractivity contribution < 1.29 is 24.1 Å². The SMILES string of the molecule is Cc1cc(N2C(=O)C(=O)/C(=C(/O)c3c(C)[nH]c(C)c3C)C2c2cccc([N+](=O)[O-])c2)no1. The number of aromatic amines is 1. The van der Waals surface area contributed by atoms with E-state index in [1.165, 1.54) is 24.3 Å². The Morgan fingerprint density at radius 1 is 1.19 bits per heavy atom. The summed E-state index contributed by atoms with van der Waals surface area (Å²) in [6, 6.07) is 5.93. The second kappa shape index (κ2) is 7.49. The van der Waals surface area contributed by atoms with E-state index in [2.05, 4.69) is 10.1 Å². The number of nitro groups is 1. The van der Waals surface area contributed by atoms with Crippen LogP contribution in [0.1, 0.15) is 39.9 Å². The molecule has 1 aromatic carbocycles. The summed E-state index contributed by atoms with van der Waals surface area (Å²) in [5.41, 5.74) is 2.45. The molecule has 1 amide bonds. The first-order chi connectivity index (χ1) is 15.1. The molecule has 4 rings (SSSR count). The molecule has 1 aliphatic heterocycles. The average molecular weight is 436 g/mol. The normalized spacial score (nSPS) is 17.9. The Kier molecular flexibility index (Phi) is 4.92. The Bertz CT molecular complexity index is 1320. The molecule has 0 spiro atoms. The topological polar surface area (TPSA) is 143 Å². The highest BCUT2D eigenvalue weighted by Gasteiger charge is 2.48. The Hall–Kier alpha value is -4.21. The van der Waals surface area contributed by atoms with Gasteiger partial charge in [-0.1, -0.05) is 17.3 Å². The maximum atomic E-state index is 13.1. The van der Waals surface area contributed by atoms with E-state index in [4.69, 9.17) is 4.52 Å². The van der Waals surface area contributed by atoms with E-state index in [9.17, 15) is 24.8 Å². The van der Waals surface area contributed by atoms with E-state index in [-0.39, 0.29) is 28.4 Å². The second-order valence-electron chi connectivity index (χ2n) is 7.69. The predicted octanol–water partition coefficient (Wildman–Crippen LogP) is 3.77. The van der Waals surface area contributed by atoms with E-state index in [0.29, 0.717) is 17.0 Å². The molecule has 164 valence electrons. The quantitative estimate of drug-likeness (QED) is 0.208. The van der Waals surface area contributed by atoms with Gasteiger partial charge in [-0.2, -0.15) is 0 Å². The van der Waals surface area contributed by atoms with Crippen molar-refractivity contribution in [2.24, 2.45) is 0 Å². The lowest BCUT2D eigenvalue weighted by Gasteiger charge is -2.22. The highest BCUT2D eigenvalue weighted by molar-refractivity contribution is 6.51. The van der Waals surface area contributed by atoms with Gasteiger partial charge in [-0.15, -0.1) is 0 Å². The number of aliphatic hydroxyl groups is 1. The maximum absolute atomic E-state index is 13.1. The van der Waals surface area contributed by atoms with Gasteiger partial charge in [0.05, 0.1) is 16.5 Å². The van der Waals surface area contributed by atoms with Gasteiger partial charge in [0, 0.05) is 35.2 Å². The number of aromatic nitrogens is 2. The van der Waals surface area contributed by atoms with Gasteiger partial charge in [0.2, 0.25) is 0 Å². The molecule has 0 aliphatic carbocycles. The van der Waals surface area contributed by atoms with E-state index in [1.54, 1.807) is 26.8 Å². The monoisotopic (exact) mass is 436 g/mol. The Morgan fingerprint density at radius 2 is 1.91 bits per heavy atom. The molecule has 0 radical (unpaired) electrons. The Labute approximate surface area is 182 Å². The molecule has 1 aliphatic rings. The van der Waals surface area contributed by atoms with Crippen molar-refractivity contribution in [1.29, 1.82) is 0 Å². The van der Waals surface area contributed by atoms with Crippen molar-refractivity contribution >= 4 is 29.0 Å². The third kappa shape index (κ3) is 3.16. The molecule has 1 saturated heterocycles. The Balaban J connectivity index is 2.01. The van der Waals surface area contributed by atoms with Gasteiger partial charge in [0.25, 0.3) is 11.5 Å². The number of H-pyrrole nitrogens is 1. The van der Waals surface area contributed by atoms with Crippen LogP contribution >= 0.6 is 0 Å². The number of aryl methyl sites for hydroxylation is 3. The first-order valence-electron chi connectivity index (χ1n) is 9.76. The summed E-state index contributed by atoms with van der Waals surface area (Å²) in [6.45, 7) is 6.99. The van der Waals surface area contributed by atoms with Gasteiger partial charge in [-0.3, -0.25) is 24.6 Å². The van der Waals surface area contributed by atoms with Crippen LogP contribution in [-0.2, 0) is 9.59 Å². The lowest BCUT2D eigenvalue weighted by Crippen LogP contribution is -2.29. The van der Waals surface area contributed by atoms with Crippen molar-refractivity contribution in [3.8, 4) is 0 Å². The van der Waals surface area contributed by atoms with Gasteiger partial charge in [0.1, 0.15) is 11.5 Å². The number of non-ortho nitro benzene ring substituents is 1. The minimum absolute atomic E-state index is 0.0684. The van der Waals surface area contributed by atoms with Crippen molar-refractivity contribution in [3.05, 3.63) is 79.9 Å². The van der Waals surface area contributed by atoms with Crippen LogP contribution in [-0.4, -0.2) is 31.9 Å². The third-order valence-corrected chi connectivity index (χ3v) is 5.63. The standard InChI is InChI=1S/C22H20N4O6/c1-10-8-16(24-32-10)25-19(14-6-5-7-15(9-14)26(30)31)18(21(28)22(25)29)20(27)17-11(2)12(3)23-13(17)4/h5-9,19,23,27H,1-4H3/b20-18+. The first-order valence-corrected chi connectivity index (χ1v) is 9.76. The van der Waals surface area contributed by atoms with Crippen molar-refractivity contribution in [3.63, 3.8) is 0 Å². The summed E-state index contributed by atoms with van der Waals surface area (Å²) >= 11 is 0. The van der Waals surface area contributed by atoms with Crippen LogP contribution in [0.5, 0.6) is 0 Å². The highest BCUT2D eigenvalue weighted by Crippen LogP contribution is 2.43. The maximum Gasteiger partial charge on any atom is 0.301 e. The zero-order chi connectivity index (χ0) is 23.3.